The second-order valence-electron chi connectivity index (χ2n) is 22.5. The summed E-state index contributed by atoms with van der Waals surface area (Å²) in [5.41, 5.74) is 23.2. The largest absolute Gasteiger partial charge is 0.298 e. The van der Waals surface area contributed by atoms with Crippen LogP contribution in [0.15, 0.2) is 261 Å². The number of hydrogen-bond acceptors (Lipinski definition) is 1. The summed E-state index contributed by atoms with van der Waals surface area (Å²) in [5.74, 6) is -1.20. The number of carbonyl (C=O) groups is 1. The number of halogens is 4. The van der Waals surface area contributed by atoms with Crippen molar-refractivity contribution in [2.45, 2.75) is 125 Å². The van der Waals surface area contributed by atoms with Gasteiger partial charge in [-0.15, -0.1) is 0 Å². The summed E-state index contributed by atoms with van der Waals surface area (Å²) in [7, 11) is 0. The van der Waals surface area contributed by atoms with Gasteiger partial charge in [0.15, 0.2) is 0 Å². The molecule has 11 aromatic carbocycles. The van der Waals surface area contributed by atoms with Crippen LogP contribution in [0.1, 0.15) is 111 Å². The standard InChI is InChI=1S/C8H8O.7C8H10.C7H7Cl.C7H6F2.C7H7F/c1-7-4-2-3-5-8(7)6-9;5*1-7-3-5-8(2)6-4-7;1-7-4-3-5-8(2)6-7;1-7-5-3-4-6-8(7)2;1-6-4-2-3-5-7(6)8;1-5-2-6(8)4-7(9)3-5;1-6-3-2-4-7(8)5-6/h2-6H,1H3;7*3-6H,1-2H3;2-5H,1H3;2-4H,1H3;2-5H,1H3. The van der Waals surface area contributed by atoms with Gasteiger partial charge in [-0.05, 0) is 188 Å². The summed E-state index contributed by atoms with van der Waals surface area (Å²) in [6.07, 6.45) is 0.870. The Morgan fingerprint density at radius 2 is 0.467 bits per heavy atom. The van der Waals surface area contributed by atoms with Crippen molar-refractivity contribution in [3.8, 4) is 0 Å². The molecule has 0 aliphatic rings. The van der Waals surface area contributed by atoms with Gasteiger partial charge < -0.3 is 0 Å². The molecular weight excluding hydrogens is 1130 g/mol. The molecule has 90 heavy (non-hydrogen) atoms. The molecule has 0 fully saturated rings. The molecule has 1 nitrogen and oxygen atoms in total. The lowest BCUT2D eigenvalue weighted by molar-refractivity contribution is 0.112. The third-order valence-electron chi connectivity index (χ3n) is 13.1. The lowest BCUT2D eigenvalue weighted by Crippen LogP contribution is -1.82. The number of carbonyl (C=O) groups excluding carboxylic acids is 1. The molecule has 472 valence electrons. The van der Waals surface area contributed by atoms with Crippen LogP contribution in [0.5, 0.6) is 0 Å². The number of rotatable bonds is 1. The third kappa shape index (κ3) is 41.3. The molecule has 0 saturated heterocycles. The van der Waals surface area contributed by atoms with E-state index < -0.39 is 11.6 Å². The Labute approximate surface area is 546 Å². The van der Waals surface area contributed by atoms with Crippen molar-refractivity contribution in [2.24, 2.45) is 0 Å². The fourth-order valence-electron chi connectivity index (χ4n) is 7.22. The van der Waals surface area contributed by atoms with Crippen LogP contribution in [0.3, 0.4) is 0 Å². The third-order valence-corrected chi connectivity index (χ3v) is 13.5. The van der Waals surface area contributed by atoms with E-state index in [2.05, 4.69) is 267 Å². The number of aldehydes is 1. The van der Waals surface area contributed by atoms with Crippen LogP contribution >= 0.6 is 11.6 Å². The average molecular weight is 1230 g/mol. The van der Waals surface area contributed by atoms with E-state index >= 15 is 0 Å². The zero-order chi connectivity index (χ0) is 67.4. The predicted molar refractivity (Wildman–Crippen MR) is 386 cm³/mol. The summed E-state index contributed by atoms with van der Waals surface area (Å²) < 4.78 is 36.5. The van der Waals surface area contributed by atoms with Gasteiger partial charge in [0.25, 0.3) is 0 Å². The summed E-state index contributed by atoms with van der Waals surface area (Å²) in [6.45, 7) is 36.8. The van der Waals surface area contributed by atoms with E-state index in [1.807, 2.05) is 75.4 Å². The summed E-state index contributed by atoms with van der Waals surface area (Å²) in [6, 6.07) is 84.4. The summed E-state index contributed by atoms with van der Waals surface area (Å²) in [4.78, 5) is 10.2. The first kappa shape index (κ1) is 79.2. The first-order valence-electron chi connectivity index (χ1n) is 30.2. The molecule has 11 aromatic rings. The molecule has 0 aromatic heterocycles. The van der Waals surface area contributed by atoms with E-state index in [1.165, 1.54) is 102 Å². The Hall–Kier alpha value is -8.83. The maximum Gasteiger partial charge on any atom is 0.150 e. The zero-order valence-electron chi connectivity index (χ0n) is 56.8. The lowest BCUT2D eigenvalue weighted by atomic mass is 10.1. The normalized spacial score (nSPS) is 9.27. The highest BCUT2D eigenvalue weighted by Gasteiger charge is 1.95. The van der Waals surface area contributed by atoms with Gasteiger partial charge in [0.05, 0.1) is 0 Å². The second-order valence-corrected chi connectivity index (χ2v) is 22.9. The lowest BCUT2D eigenvalue weighted by Gasteiger charge is -1.93. The molecule has 0 amide bonds. The SMILES string of the molecule is Cc1cc(F)cc(F)c1.Cc1ccc(C)cc1.Cc1ccc(C)cc1.Cc1ccc(C)cc1.Cc1ccc(C)cc1.Cc1ccc(C)cc1.Cc1cccc(C)c1.Cc1cccc(F)c1.Cc1ccccc1C.Cc1ccccc1C=O.Cc1ccccc1Cl. The Kier molecular flexibility index (Phi) is 40.7. The highest BCUT2D eigenvalue weighted by molar-refractivity contribution is 6.31. The van der Waals surface area contributed by atoms with Crippen LogP contribution in [-0.2, 0) is 0 Å². The van der Waals surface area contributed by atoms with Gasteiger partial charge in [-0.3, -0.25) is 4.79 Å². The smallest absolute Gasteiger partial charge is 0.150 e. The topological polar surface area (TPSA) is 17.1 Å². The summed E-state index contributed by atoms with van der Waals surface area (Å²) in [5, 5.41) is 0.840. The van der Waals surface area contributed by atoms with Gasteiger partial charge in [0.1, 0.15) is 23.7 Å². The maximum atomic E-state index is 12.2. The van der Waals surface area contributed by atoms with E-state index in [0.29, 0.717) is 5.56 Å². The number of benzene rings is 11. The van der Waals surface area contributed by atoms with Gasteiger partial charge in [-0.25, -0.2) is 13.2 Å². The van der Waals surface area contributed by atoms with E-state index in [1.54, 1.807) is 13.0 Å². The number of hydrogen-bond donors (Lipinski definition) is 0. The average Bonchev–Trinajstić information content (AvgIpc) is 3.62. The Morgan fingerprint density at radius 3 is 0.644 bits per heavy atom. The van der Waals surface area contributed by atoms with Gasteiger partial charge in [-0.1, -0.05) is 303 Å². The van der Waals surface area contributed by atoms with Gasteiger partial charge in [-0.2, -0.15) is 0 Å². The molecule has 0 aliphatic carbocycles. The van der Waals surface area contributed by atoms with Crippen LogP contribution in [0, 0.1) is 142 Å². The molecule has 0 heterocycles. The van der Waals surface area contributed by atoms with Gasteiger partial charge in [0, 0.05) is 16.7 Å². The Morgan fingerprint density at radius 1 is 0.222 bits per heavy atom. The summed E-state index contributed by atoms with van der Waals surface area (Å²) >= 11 is 5.71. The highest BCUT2D eigenvalue weighted by Crippen LogP contribution is 2.12. The molecule has 0 bridgehead atoms. The van der Waals surface area contributed by atoms with Crippen molar-refractivity contribution in [2.75, 3.05) is 0 Å². The molecule has 0 N–H and O–H groups in total. The Balaban J connectivity index is 0.000000495. The zero-order valence-corrected chi connectivity index (χ0v) is 57.6. The predicted octanol–water partition coefficient (Wildman–Crippen LogP) is 25.0. The maximum absolute atomic E-state index is 12.2. The van der Waals surface area contributed by atoms with Crippen LogP contribution in [0.25, 0.3) is 0 Å². The Bertz CT molecular complexity index is 3090. The van der Waals surface area contributed by atoms with Crippen LogP contribution in [0.4, 0.5) is 13.2 Å². The van der Waals surface area contributed by atoms with Crippen molar-refractivity contribution in [3.05, 3.63) is 389 Å². The fraction of sp³-hybridized carbons (Fsp3) is 0.212. The monoisotopic (exact) mass is 1230 g/mol. The molecule has 0 aliphatic heterocycles. The molecule has 0 atom stereocenters. The van der Waals surface area contributed by atoms with Crippen molar-refractivity contribution in [1.29, 1.82) is 0 Å². The van der Waals surface area contributed by atoms with Crippen LogP contribution < -0.4 is 0 Å². The molecular formula is C85H98ClF3O. The first-order chi connectivity index (χ1) is 42.6. The van der Waals surface area contributed by atoms with E-state index in [4.69, 9.17) is 11.6 Å². The molecule has 0 spiro atoms. The van der Waals surface area contributed by atoms with Gasteiger partial charge in [0.2, 0.25) is 0 Å². The minimum Gasteiger partial charge on any atom is -0.298 e. The minimum atomic E-state index is -0.521. The quantitative estimate of drug-likeness (QED) is 0.150. The first-order valence-corrected chi connectivity index (χ1v) is 30.6. The second kappa shape index (κ2) is 46.3. The van der Waals surface area contributed by atoms with Crippen molar-refractivity contribution < 1.29 is 18.0 Å². The minimum absolute atomic E-state index is 0.162. The fourth-order valence-corrected chi connectivity index (χ4v) is 7.36. The number of aryl methyl sites for hydroxylation is 18. The molecule has 5 heteroatoms. The van der Waals surface area contributed by atoms with Gasteiger partial charge >= 0.3 is 0 Å². The van der Waals surface area contributed by atoms with Crippen molar-refractivity contribution in [1.82, 2.24) is 0 Å². The molecule has 11 rings (SSSR count). The van der Waals surface area contributed by atoms with Crippen LogP contribution in [0.2, 0.25) is 5.02 Å². The highest BCUT2D eigenvalue weighted by atomic mass is 35.5. The van der Waals surface area contributed by atoms with E-state index in [9.17, 15) is 18.0 Å². The molecule has 0 radical (unpaired) electrons. The molecule has 0 saturated carbocycles. The molecule has 0 unspecified atom stereocenters. The van der Waals surface area contributed by atoms with E-state index in [0.717, 1.165) is 39.6 Å². The van der Waals surface area contributed by atoms with Crippen LogP contribution in [-0.4, -0.2) is 6.29 Å². The van der Waals surface area contributed by atoms with Crippen molar-refractivity contribution in [3.63, 3.8) is 0 Å². The van der Waals surface area contributed by atoms with E-state index in [-0.39, 0.29) is 5.82 Å². The van der Waals surface area contributed by atoms with Crippen molar-refractivity contribution >= 4 is 17.9 Å².